The Bertz CT molecular complexity index is 731. The maximum absolute atomic E-state index is 12.3. The molecule has 0 unspecified atom stereocenters. The van der Waals surface area contributed by atoms with E-state index in [1.54, 1.807) is 7.11 Å². The Labute approximate surface area is 158 Å². The molecule has 2 aromatic rings. The fourth-order valence-corrected chi connectivity index (χ4v) is 3.96. The number of aromatic nitrogens is 3. The van der Waals surface area contributed by atoms with Crippen LogP contribution < -0.4 is 10.1 Å². The lowest BCUT2D eigenvalue weighted by Gasteiger charge is -2.34. The summed E-state index contributed by atoms with van der Waals surface area (Å²) >= 11 is 1.35. The molecule has 0 radical (unpaired) electrons. The minimum atomic E-state index is 0.0525. The first-order chi connectivity index (χ1) is 12.6. The number of aromatic amines is 1. The monoisotopic (exact) mass is 374 g/mol. The highest BCUT2D eigenvalue weighted by atomic mass is 32.2. The van der Waals surface area contributed by atoms with Crippen LogP contribution in [-0.4, -0.2) is 40.0 Å². The van der Waals surface area contributed by atoms with Gasteiger partial charge in [0.1, 0.15) is 5.75 Å². The summed E-state index contributed by atoms with van der Waals surface area (Å²) in [5.74, 6) is 3.06. The molecule has 3 atom stereocenters. The van der Waals surface area contributed by atoms with Crippen LogP contribution in [0.5, 0.6) is 5.75 Å². The maximum atomic E-state index is 12.3. The van der Waals surface area contributed by atoms with Crippen LogP contribution in [0.3, 0.4) is 0 Å². The molecule has 1 aliphatic carbocycles. The quantitative estimate of drug-likeness (QED) is 0.756. The zero-order valence-corrected chi connectivity index (χ0v) is 16.3. The van der Waals surface area contributed by atoms with E-state index < -0.39 is 0 Å². The Balaban J connectivity index is 1.51. The molecule has 6 nitrogen and oxygen atoms in total. The molecule has 1 amide bonds. The second kappa shape index (κ2) is 8.58. The van der Waals surface area contributed by atoms with E-state index in [1.807, 2.05) is 24.3 Å². The van der Waals surface area contributed by atoms with Gasteiger partial charge in [-0.15, -0.1) is 5.10 Å². The van der Waals surface area contributed by atoms with E-state index in [-0.39, 0.29) is 11.9 Å². The molecule has 1 heterocycles. The Morgan fingerprint density at radius 3 is 2.81 bits per heavy atom. The van der Waals surface area contributed by atoms with Gasteiger partial charge in [0.15, 0.2) is 5.82 Å². The number of hydrogen-bond acceptors (Lipinski definition) is 5. The van der Waals surface area contributed by atoms with Crippen LogP contribution in [0, 0.1) is 11.8 Å². The summed E-state index contributed by atoms with van der Waals surface area (Å²) in [4.78, 5) is 16.7. The van der Waals surface area contributed by atoms with E-state index in [2.05, 4.69) is 34.3 Å². The topological polar surface area (TPSA) is 79.9 Å². The molecule has 0 bridgehead atoms. The standard InChI is InChI=1S/C19H26N4O2S/c1-12-5-4-6-16(13(12)2)20-17(24)11-26-19-21-18(22-23-19)14-7-9-15(25-3)10-8-14/h7-10,12-13,16H,4-6,11H2,1-3H3,(H,20,24)(H,21,22,23)/t12-,13-,16-/m1/s1. The van der Waals surface area contributed by atoms with Crippen molar-refractivity contribution in [2.45, 2.75) is 44.3 Å². The van der Waals surface area contributed by atoms with Crippen LogP contribution in [0.1, 0.15) is 33.1 Å². The number of methoxy groups -OCH3 is 1. The number of thioether (sulfide) groups is 1. The van der Waals surface area contributed by atoms with Gasteiger partial charge in [0.2, 0.25) is 11.1 Å². The van der Waals surface area contributed by atoms with Crippen molar-refractivity contribution < 1.29 is 9.53 Å². The van der Waals surface area contributed by atoms with Gasteiger partial charge < -0.3 is 10.1 Å². The largest absolute Gasteiger partial charge is 0.497 e. The van der Waals surface area contributed by atoms with Crippen molar-refractivity contribution in [3.05, 3.63) is 24.3 Å². The van der Waals surface area contributed by atoms with Crippen molar-refractivity contribution in [3.63, 3.8) is 0 Å². The van der Waals surface area contributed by atoms with Crippen LogP contribution in [-0.2, 0) is 4.79 Å². The molecule has 1 aliphatic rings. The zero-order chi connectivity index (χ0) is 18.5. The number of nitrogens with zero attached hydrogens (tertiary/aromatic N) is 2. The summed E-state index contributed by atoms with van der Waals surface area (Å²) in [5.41, 5.74) is 0.930. The average molecular weight is 375 g/mol. The Morgan fingerprint density at radius 1 is 1.31 bits per heavy atom. The highest BCUT2D eigenvalue weighted by Gasteiger charge is 2.28. The number of ether oxygens (including phenoxy) is 1. The number of carbonyl (C=O) groups excluding carboxylic acids is 1. The van der Waals surface area contributed by atoms with E-state index >= 15 is 0 Å². The summed E-state index contributed by atoms with van der Waals surface area (Å²) in [6.45, 7) is 4.50. The predicted octanol–water partition coefficient (Wildman–Crippen LogP) is 3.51. The Hall–Kier alpha value is -2.02. The van der Waals surface area contributed by atoms with Gasteiger partial charge in [-0.2, -0.15) is 0 Å². The lowest BCUT2D eigenvalue weighted by Crippen LogP contribution is -2.44. The molecule has 1 aromatic heterocycles. The molecule has 140 valence electrons. The van der Waals surface area contributed by atoms with Crippen LogP contribution in [0.2, 0.25) is 0 Å². The second-order valence-corrected chi connectivity index (χ2v) is 7.87. The fraction of sp³-hybridized carbons (Fsp3) is 0.526. The minimum Gasteiger partial charge on any atom is -0.497 e. The molecule has 0 saturated heterocycles. The van der Waals surface area contributed by atoms with Gasteiger partial charge in [-0.25, -0.2) is 4.98 Å². The molecule has 2 N–H and O–H groups in total. The fourth-order valence-electron chi connectivity index (χ4n) is 3.35. The highest BCUT2D eigenvalue weighted by Crippen LogP contribution is 2.29. The summed E-state index contributed by atoms with van der Waals surface area (Å²) in [5, 5.41) is 10.9. The number of benzene rings is 1. The number of amides is 1. The summed E-state index contributed by atoms with van der Waals surface area (Å²) in [6, 6.07) is 7.89. The number of H-pyrrole nitrogens is 1. The van der Waals surface area contributed by atoms with Crippen LogP contribution in [0.25, 0.3) is 11.4 Å². The first-order valence-corrected chi connectivity index (χ1v) is 10.0. The summed E-state index contributed by atoms with van der Waals surface area (Å²) in [6.07, 6.45) is 3.52. The van der Waals surface area contributed by atoms with E-state index in [1.165, 1.54) is 24.6 Å². The van der Waals surface area contributed by atoms with Gasteiger partial charge in [0, 0.05) is 11.6 Å². The van der Waals surface area contributed by atoms with Gasteiger partial charge in [0.05, 0.1) is 12.9 Å². The lowest BCUT2D eigenvalue weighted by atomic mass is 9.78. The first kappa shape index (κ1) is 18.8. The lowest BCUT2D eigenvalue weighted by molar-refractivity contribution is -0.120. The molecule has 1 fully saturated rings. The highest BCUT2D eigenvalue weighted by molar-refractivity contribution is 7.99. The third kappa shape index (κ3) is 4.58. The Morgan fingerprint density at radius 2 is 2.08 bits per heavy atom. The van der Waals surface area contributed by atoms with Crippen LogP contribution in [0.15, 0.2) is 29.4 Å². The van der Waals surface area contributed by atoms with Gasteiger partial charge in [0.25, 0.3) is 0 Å². The van der Waals surface area contributed by atoms with Gasteiger partial charge in [-0.3, -0.25) is 9.89 Å². The third-order valence-corrected chi connectivity index (χ3v) is 6.06. The molecular weight excluding hydrogens is 348 g/mol. The number of nitrogens with one attached hydrogen (secondary N) is 2. The number of rotatable bonds is 6. The molecular formula is C19H26N4O2S. The molecule has 1 saturated carbocycles. The van der Waals surface area contributed by atoms with E-state index in [9.17, 15) is 4.79 Å². The van der Waals surface area contributed by atoms with Crippen molar-refractivity contribution in [2.75, 3.05) is 12.9 Å². The summed E-state index contributed by atoms with van der Waals surface area (Å²) in [7, 11) is 1.64. The minimum absolute atomic E-state index is 0.0525. The van der Waals surface area contributed by atoms with Crippen molar-refractivity contribution >= 4 is 17.7 Å². The molecule has 26 heavy (non-hydrogen) atoms. The van der Waals surface area contributed by atoms with Crippen LogP contribution >= 0.6 is 11.8 Å². The van der Waals surface area contributed by atoms with Gasteiger partial charge in [-0.05, 0) is 42.5 Å². The van der Waals surface area contributed by atoms with Gasteiger partial charge >= 0.3 is 0 Å². The van der Waals surface area contributed by atoms with Crippen molar-refractivity contribution in [1.82, 2.24) is 20.5 Å². The van der Waals surface area contributed by atoms with E-state index in [4.69, 9.17) is 4.74 Å². The van der Waals surface area contributed by atoms with Crippen molar-refractivity contribution in [3.8, 4) is 17.1 Å². The number of hydrogen-bond donors (Lipinski definition) is 2. The van der Waals surface area contributed by atoms with Crippen molar-refractivity contribution in [2.24, 2.45) is 11.8 Å². The second-order valence-electron chi connectivity index (χ2n) is 6.93. The zero-order valence-electron chi connectivity index (χ0n) is 15.5. The average Bonchev–Trinajstić information content (AvgIpc) is 3.13. The normalized spacial score (nSPS) is 22.8. The maximum Gasteiger partial charge on any atom is 0.230 e. The first-order valence-electron chi connectivity index (χ1n) is 9.06. The van der Waals surface area contributed by atoms with Gasteiger partial charge in [-0.1, -0.05) is 38.5 Å². The molecule has 0 aliphatic heterocycles. The molecule has 1 aromatic carbocycles. The molecule has 0 spiro atoms. The smallest absolute Gasteiger partial charge is 0.230 e. The summed E-state index contributed by atoms with van der Waals surface area (Å²) < 4.78 is 5.16. The molecule has 3 rings (SSSR count). The van der Waals surface area contributed by atoms with Crippen LogP contribution in [0.4, 0.5) is 0 Å². The molecule has 7 heteroatoms. The SMILES string of the molecule is COc1ccc(-c2nc(SCC(=O)N[C@@H]3CCC[C@@H](C)[C@H]3C)n[nH]2)cc1. The number of carbonyl (C=O) groups is 1. The van der Waals surface area contributed by atoms with E-state index in [0.29, 0.717) is 28.6 Å². The Kier molecular flexibility index (Phi) is 6.19. The predicted molar refractivity (Wildman–Crippen MR) is 103 cm³/mol. The van der Waals surface area contributed by atoms with Crippen molar-refractivity contribution in [1.29, 1.82) is 0 Å². The van der Waals surface area contributed by atoms with E-state index in [0.717, 1.165) is 17.7 Å². The third-order valence-electron chi connectivity index (χ3n) is 5.21.